The summed E-state index contributed by atoms with van der Waals surface area (Å²) in [6, 6.07) is 4.70. The van der Waals surface area contributed by atoms with Gasteiger partial charge in [-0.2, -0.15) is 10.1 Å². The highest BCUT2D eigenvalue weighted by atomic mass is 16.5. The number of amides is 4. The number of carbonyl (C=O) groups excluding carboxylic acids is 4. The standard InChI is InChI=1S/C23H20N2O8/c26-11-1-4-16-9(6-11)5-10(8-33-16)17-12-2-3-13-18(22(29)24(31)20(13)27)14(12)7-15-19(17)23(30)25(32)21(15)28/h1-2,4,6,8,13-15,17-19,26,31-32H,3,5,7H2. The molecule has 2 saturated heterocycles. The third-order valence-corrected chi connectivity index (χ3v) is 7.78. The number of imide groups is 2. The third kappa shape index (κ3) is 2.61. The minimum atomic E-state index is -0.868. The number of hydroxylamine groups is 4. The topological polar surface area (TPSA) is 145 Å². The summed E-state index contributed by atoms with van der Waals surface area (Å²) in [6.45, 7) is 0. The number of fused-ring (bicyclic) bond motifs is 5. The maximum absolute atomic E-state index is 12.9. The number of hydrogen-bond donors (Lipinski definition) is 3. The lowest BCUT2D eigenvalue weighted by molar-refractivity contribution is -0.174. The molecule has 170 valence electrons. The van der Waals surface area contributed by atoms with Crippen molar-refractivity contribution in [1.82, 2.24) is 10.1 Å². The van der Waals surface area contributed by atoms with Crippen LogP contribution in [0.1, 0.15) is 18.4 Å². The van der Waals surface area contributed by atoms with Crippen molar-refractivity contribution in [3.63, 3.8) is 0 Å². The van der Waals surface area contributed by atoms with Gasteiger partial charge >= 0.3 is 0 Å². The van der Waals surface area contributed by atoms with E-state index in [1.807, 2.05) is 6.08 Å². The number of ether oxygens (including phenoxy) is 1. The predicted molar refractivity (Wildman–Crippen MR) is 106 cm³/mol. The number of nitrogens with zero attached hydrogens (tertiary/aromatic N) is 2. The Morgan fingerprint density at radius 2 is 1.58 bits per heavy atom. The molecule has 10 heteroatoms. The van der Waals surface area contributed by atoms with Crippen LogP contribution in [0.5, 0.6) is 11.5 Å². The molecule has 3 fully saturated rings. The predicted octanol–water partition coefficient (Wildman–Crippen LogP) is 1.16. The number of allylic oxidation sites excluding steroid dienone is 3. The molecule has 3 aliphatic heterocycles. The van der Waals surface area contributed by atoms with Crippen LogP contribution in [-0.2, 0) is 25.6 Å². The molecule has 0 radical (unpaired) electrons. The van der Waals surface area contributed by atoms with E-state index in [0.29, 0.717) is 23.3 Å². The largest absolute Gasteiger partial charge is 0.508 e. The lowest BCUT2D eigenvalue weighted by Gasteiger charge is -2.44. The molecular formula is C23H20N2O8. The summed E-state index contributed by atoms with van der Waals surface area (Å²) in [5, 5.41) is 30.3. The Labute approximate surface area is 187 Å². The zero-order valence-corrected chi connectivity index (χ0v) is 17.2. The zero-order valence-electron chi connectivity index (χ0n) is 17.2. The van der Waals surface area contributed by atoms with Gasteiger partial charge in [0.05, 0.1) is 29.9 Å². The molecule has 5 aliphatic rings. The van der Waals surface area contributed by atoms with Crippen molar-refractivity contribution in [2.45, 2.75) is 19.3 Å². The van der Waals surface area contributed by atoms with Crippen molar-refractivity contribution in [3.05, 3.63) is 47.2 Å². The second-order valence-electron chi connectivity index (χ2n) is 9.28. The highest BCUT2D eigenvalue weighted by Gasteiger charge is 2.62. The van der Waals surface area contributed by atoms with Gasteiger partial charge in [0.2, 0.25) is 0 Å². The molecule has 4 amide bonds. The van der Waals surface area contributed by atoms with E-state index in [-0.39, 0.29) is 28.7 Å². The second-order valence-corrected chi connectivity index (χ2v) is 9.28. The number of rotatable bonds is 1. The molecule has 1 aromatic rings. The summed E-state index contributed by atoms with van der Waals surface area (Å²) in [5.74, 6) is -6.66. The molecule has 1 aromatic carbocycles. The summed E-state index contributed by atoms with van der Waals surface area (Å²) in [7, 11) is 0. The molecule has 6 rings (SSSR count). The van der Waals surface area contributed by atoms with Gasteiger partial charge in [-0.05, 0) is 42.5 Å². The lowest BCUT2D eigenvalue weighted by atomic mass is 9.56. The van der Waals surface area contributed by atoms with Gasteiger partial charge in [0.1, 0.15) is 11.5 Å². The highest BCUT2D eigenvalue weighted by Crippen LogP contribution is 2.57. The van der Waals surface area contributed by atoms with Crippen LogP contribution in [-0.4, -0.2) is 49.3 Å². The molecule has 3 N–H and O–H groups in total. The van der Waals surface area contributed by atoms with E-state index >= 15 is 0 Å². The summed E-state index contributed by atoms with van der Waals surface area (Å²) < 4.78 is 5.76. The van der Waals surface area contributed by atoms with Crippen LogP contribution >= 0.6 is 0 Å². The number of hydrogen-bond acceptors (Lipinski definition) is 8. The average Bonchev–Trinajstić information content (AvgIpc) is 3.17. The van der Waals surface area contributed by atoms with Gasteiger partial charge in [0.15, 0.2) is 0 Å². The second kappa shape index (κ2) is 6.75. The van der Waals surface area contributed by atoms with Crippen LogP contribution in [0.4, 0.5) is 0 Å². The molecule has 0 bridgehead atoms. The van der Waals surface area contributed by atoms with Crippen LogP contribution in [0.2, 0.25) is 0 Å². The van der Waals surface area contributed by atoms with E-state index < -0.39 is 59.1 Å². The fourth-order valence-corrected chi connectivity index (χ4v) is 6.38. The Hall–Kier alpha value is -3.50. The summed E-state index contributed by atoms with van der Waals surface area (Å²) in [4.78, 5) is 50.8. The molecule has 2 aliphatic carbocycles. The molecule has 10 nitrogen and oxygen atoms in total. The summed E-state index contributed by atoms with van der Waals surface area (Å²) in [5.41, 5.74) is 2.11. The molecule has 0 spiro atoms. The summed E-state index contributed by atoms with van der Waals surface area (Å²) >= 11 is 0. The fraction of sp³-hybridized carbons (Fsp3) is 0.391. The lowest BCUT2D eigenvalue weighted by Crippen LogP contribution is -2.44. The first kappa shape index (κ1) is 20.1. The van der Waals surface area contributed by atoms with E-state index in [2.05, 4.69) is 0 Å². The maximum atomic E-state index is 12.9. The van der Waals surface area contributed by atoms with Crippen LogP contribution < -0.4 is 4.74 Å². The Kier molecular flexibility index (Phi) is 4.12. The van der Waals surface area contributed by atoms with Gasteiger partial charge in [0.25, 0.3) is 23.6 Å². The van der Waals surface area contributed by atoms with Crippen molar-refractivity contribution >= 4 is 23.6 Å². The molecule has 3 heterocycles. The van der Waals surface area contributed by atoms with Crippen molar-refractivity contribution < 1.29 is 39.4 Å². The Morgan fingerprint density at radius 1 is 0.879 bits per heavy atom. The van der Waals surface area contributed by atoms with Crippen molar-refractivity contribution in [3.8, 4) is 11.5 Å². The summed E-state index contributed by atoms with van der Waals surface area (Å²) in [6.07, 6.45) is 4.03. The van der Waals surface area contributed by atoms with Gasteiger partial charge in [-0.15, -0.1) is 0 Å². The quantitative estimate of drug-likeness (QED) is 0.327. The van der Waals surface area contributed by atoms with Gasteiger partial charge in [-0.3, -0.25) is 29.6 Å². The molecule has 0 aromatic heterocycles. The maximum Gasteiger partial charge on any atom is 0.258 e. The number of benzene rings is 1. The first-order valence-corrected chi connectivity index (χ1v) is 10.8. The SMILES string of the molecule is O=C1C2CC=C3C(CC4C(=O)N(O)C(=O)C4C3C3=COc4ccc(O)cc4C3)C2C(=O)N1O. The normalized spacial score (nSPS) is 34.8. The molecule has 33 heavy (non-hydrogen) atoms. The first-order valence-electron chi connectivity index (χ1n) is 10.8. The van der Waals surface area contributed by atoms with Gasteiger partial charge in [-0.25, -0.2) is 0 Å². The highest BCUT2D eigenvalue weighted by molar-refractivity contribution is 6.06. The smallest absolute Gasteiger partial charge is 0.258 e. The first-order chi connectivity index (χ1) is 15.8. The van der Waals surface area contributed by atoms with Crippen LogP contribution in [0.25, 0.3) is 0 Å². The number of phenols is 1. The minimum Gasteiger partial charge on any atom is -0.508 e. The van der Waals surface area contributed by atoms with Crippen LogP contribution in [0.3, 0.4) is 0 Å². The molecule has 6 unspecified atom stereocenters. The van der Waals surface area contributed by atoms with Crippen LogP contribution in [0.15, 0.2) is 41.7 Å². The fourth-order valence-electron chi connectivity index (χ4n) is 6.38. The Balaban J connectivity index is 1.46. The van der Waals surface area contributed by atoms with Gasteiger partial charge in [-0.1, -0.05) is 11.6 Å². The monoisotopic (exact) mass is 452 g/mol. The van der Waals surface area contributed by atoms with E-state index in [1.165, 1.54) is 12.3 Å². The minimum absolute atomic E-state index is 0.0597. The number of phenolic OH excluding ortho intramolecular Hbond substituents is 1. The Bertz CT molecular complexity index is 1200. The molecule has 1 saturated carbocycles. The van der Waals surface area contributed by atoms with Crippen molar-refractivity contribution in [1.29, 1.82) is 0 Å². The Morgan fingerprint density at radius 3 is 2.33 bits per heavy atom. The van der Waals surface area contributed by atoms with Crippen molar-refractivity contribution in [2.75, 3.05) is 0 Å². The van der Waals surface area contributed by atoms with Crippen LogP contribution in [0, 0.1) is 35.5 Å². The van der Waals surface area contributed by atoms with E-state index in [1.54, 1.807) is 12.1 Å². The van der Waals surface area contributed by atoms with E-state index in [4.69, 9.17) is 4.74 Å². The average molecular weight is 452 g/mol. The molecule has 6 atom stereocenters. The number of carbonyl (C=O) groups is 4. The van der Waals surface area contributed by atoms with Crippen molar-refractivity contribution in [2.24, 2.45) is 35.5 Å². The zero-order chi connectivity index (χ0) is 23.2. The van der Waals surface area contributed by atoms with E-state index in [0.717, 1.165) is 5.57 Å². The van der Waals surface area contributed by atoms with Gasteiger partial charge < -0.3 is 9.84 Å². The molecular weight excluding hydrogens is 432 g/mol. The third-order valence-electron chi connectivity index (χ3n) is 7.78. The van der Waals surface area contributed by atoms with Gasteiger partial charge in [0, 0.05) is 17.9 Å². The van der Waals surface area contributed by atoms with E-state index in [9.17, 15) is 34.7 Å². The number of aromatic hydroxyl groups is 1.